The molecule has 3 atom stereocenters. The number of ether oxygens (including phenoxy) is 2. The van der Waals surface area contributed by atoms with Crippen LogP contribution >= 0.6 is 12.3 Å². The average Bonchev–Trinajstić information content (AvgIpc) is 2.92. The molecule has 0 spiro atoms. The molecule has 0 saturated heterocycles. The summed E-state index contributed by atoms with van der Waals surface area (Å²) in [5.41, 5.74) is 7.15. The van der Waals surface area contributed by atoms with Gasteiger partial charge in [0.1, 0.15) is 23.7 Å². The predicted molar refractivity (Wildman–Crippen MR) is 169 cm³/mol. The Labute approximate surface area is 255 Å². The van der Waals surface area contributed by atoms with E-state index in [0.29, 0.717) is 32.1 Å². The third-order valence-corrected chi connectivity index (χ3v) is 8.97. The van der Waals surface area contributed by atoms with Gasteiger partial charge < -0.3 is 9.47 Å². The SMILES string of the molecule is CCNOOOSOCCOc1c(C)c(C)c2c(c1C)CC[C@@](C)(CCC[C@H](C)CCC[C@H](C)CCCC(C)C)O2. The molecule has 1 N–H and O–H groups in total. The first-order chi connectivity index (χ1) is 19.6. The molecule has 8 heteroatoms. The monoisotopic (exact) mass is 597 g/mol. The van der Waals surface area contributed by atoms with Gasteiger partial charge in [0, 0.05) is 12.1 Å². The minimum atomic E-state index is -0.104. The largest absolute Gasteiger partial charge is 0.491 e. The number of hydroxylamine groups is 1. The van der Waals surface area contributed by atoms with E-state index in [1.165, 1.54) is 68.1 Å². The molecule has 0 fully saturated rings. The molecule has 7 nitrogen and oxygen atoms in total. The summed E-state index contributed by atoms with van der Waals surface area (Å²) < 4.78 is 22.9. The van der Waals surface area contributed by atoms with Gasteiger partial charge in [-0.1, -0.05) is 79.6 Å². The van der Waals surface area contributed by atoms with Crippen molar-refractivity contribution < 1.29 is 28.0 Å². The van der Waals surface area contributed by atoms with Crippen molar-refractivity contribution in [2.75, 3.05) is 19.8 Å². The van der Waals surface area contributed by atoms with Crippen LogP contribution in [0.5, 0.6) is 11.5 Å². The van der Waals surface area contributed by atoms with Gasteiger partial charge in [0.2, 0.25) is 0 Å². The van der Waals surface area contributed by atoms with E-state index >= 15 is 0 Å². The number of hydrogen-bond donors (Lipinski definition) is 1. The molecule has 0 bridgehead atoms. The molecule has 1 aromatic rings. The predicted octanol–water partition coefficient (Wildman–Crippen LogP) is 9.50. The highest BCUT2D eigenvalue weighted by atomic mass is 32.2. The summed E-state index contributed by atoms with van der Waals surface area (Å²) >= 11 is 0.702. The Bertz CT molecular complexity index is 882. The van der Waals surface area contributed by atoms with Gasteiger partial charge in [0.15, 0.2) is 12.3 Å². The fourth-order valence-electron chi connectivity index (χ4n) is 5.82. The molecule has 41 heavy (non-hydrogen) atoms. The van der Waals surface area contributed by atoms with Crippen molar-refractivity contribution in [3.05, 3.63) is 22.3 Å². The summed E-state index contributed by atoms with van der Waals surface area (Å²) in [4.78, 5) is 4.52. The highest BCUT2D eigenvalue weighted by Crippen LogP contribution is 2.45. The molecule has 0 radical (unpaired) electrons. The molecule has 0 saturated carbocycles. The van der Waals surface area contributed by atoms with Crippen molar-refractivity contribution in [2.45, 2.75) is 139 Å². The Morgan fingerprint density at radius 2 is 1.54 bits per heavy atom. The summed E-state index contributed by atoms with van der Waals surface area (Å²) in [5, 5.41) is 4.42. The average molecular weight is 598 g/mol. The van der Waals surface area contributed by atoms with Crippen molar-refractivity contribution >= 4 is 12.3 Å². The normalized spacial score (nSPS) is 18.3. The van der Waals surface area contributed by atoms with Gasteiger partial charge in [-0.25, -0.2) is 0 Å². The van der Waals surface area contributed by atoms with E-state index in [-0.39, 0.29) is 5.60 Å². The van der Waals surface area contributed by atoms with Crippen LogP contribution in [-0.4, -0.2) is 25.4 Å². The van der Waals surface area contributed by atoms with E-state index in [4.69, 9.17) is 13.7 Å². The standard InChI is InChI=1S/C33H59NO6S/c1-10-34-38-39-40-41-36-23-22-35-31-27(6)28(7)32-30(29(31)8)19-21-33(9,37-32)20-13-18-26(5)17-12-16-25(4)15-11-14-24(2)3/h24-26,34H,10-23H2,1-9H3/t25-,26-,33-/m1/s1. The smallest absolute Gasteiger partial charge is 0.197 e. The summed E-state index contributed by atoms with van der Waals surface area (Å²) in [7, 11) is 0. The fourth-order valence-corrected chi connectivity index (χ4v) is 6.04. The number of nitrogens with one attached hydrogen (secondary N) is 1. The summed E-state index contributed by atoms with van der Waals surface area (Å²) in [6.07, 6.45) is 13.9. The van der Waals surface area contributed by atoms with E-state index in [1.807, 2.05) is 6.92 Å². The summed E-state index contributed by atoms with van der Waals surface area (Å²) in [6.45, 7) is 21.5. The van der Waals surface area contributed by atoms with Gasteiger partial charge in [-0.15, -0.1) is 9.32 Å². The van der Waals surface area contributed by atoms with E-state index in [0.717, 1.165) is 54.1 Å². The van der Waals surface area contributed by atoms with Crippen molar-refractivity contribution in [2.24, 2.45) is 17.8 Å². The molecule has 2 rings (SSSR count). The molecule has 1 aromatic carbocycles. The van der Waals surface area contributed by atoms with Crippen LogP contribution in [0.2, 0.25) is 0 Å². The zero-order chi connectivity index (χ0) is 30.3. The Hall–Kier alpha value is -1.03. The van der Waals surface area contributed by atoms with Gasteiger partial charge in [0.05, 0.1) is 6.61 Å². The van der Waals surface area contributed by atoms with Gasteiger partial charge in [-0.2, -0.15) is 5.48 Å². The second-order valence-corrected chi connectivity index (χ2v) is 13.4. The Kier molecular flexibility index (Phi) is 17.0. The van der Waals surface area contributed by atoms with Crippen LogP contribution < -0.4 is 15.0 Å². The maximum Gasteiger partial charge on any atom is 0.197 e. The van der Waals surface area contributed by atoms with Crippen LogP contribution in [0.1, 0.15) is 128 Å². The van der Waals surface area contributed by atoms with E-state index in [2.05, 4.69) is 75.2 Å². The second kappa shape index (κ2) is 19.3. The minimum Gasteiger partial charge on any atom is -0.491 e. The van der Waals surface area contributed by atoms with Crippen LogP contribution in [0.25, 0.3) is 0 Å². The van der Waals surface area contributed by atoms with Gasteiger partial charge >= 0.3 is 0 Å². The van der Waals surface area contributed by atoms with Crippen molar-refractivity contribution in [3.8, 4) is 11.5 Å². The molecule has 238 valence electrons. The molecular weight excluding hydrogens is 538 g/mol. The lowest BCUT2D eigenvalue weighted by Gasteiger charge is -2.38. The van der Waals surface area contributed by atoms with Crippen molar-refractivity contribution in [1.82, 2.24) is 5.48 Å². The number of benzene rings is 1. The number of fused-ring (bicyclic) bond motifs is 1. The lowest BCUT2D eigenvalue weighted by Crippen LogP contribution is -2.37. The maximum absolute atomic E-state index is 6.78. The van der Waals surface area contributed by atoms with Gasteiger partial charge in [-0.3, -0.25) is 4.18 Å². The lowest BCUT2D eigenvalue weighted by atomic mass is 9.83. The van der Waals surface area contributed by atoms with Gasteiger partial charge in [-0.05, 0) is 92.9 Å². The van der Waals surface area contributed by atoms with Crippen LogP contribution in [0.3, 0.4) is 0 Å². The van der Waals surface area contributed by atoms with Crippen LogP contribution in [0.4, 0.5) is 0 Å². The molecule has 0 aromatic heterocycles. The Balaban J connectivity index is 1.76. The van der Waals surface area contributed by atoms with Crippen LogP contribution in [-0.2, 0) is 25.0 Å². The maximum atomic E-state index is 6.78. The van der Waals surface area contributed by atoms with Crippen LogP contribution in [0.15, 0.2) is 0 Å². The Morgan fingerprint density at radius 1 is 0.878 bits per heavy atom. The molecule has 0 amide bonds. The second-order valence-electron chi connectivity index (χ2n) is 12.9. The third-order valence-electron chi connectivity index (χ3n) is 8.59. The van der Waals surface area contributed by atoms with Gasteiger partial charge in [0.25, 0.3) is 0 Å². The topological polar surface area (TPSA) is 67.4 Å². The molecule has 1 aliphatic rings. The zero-order valence-electron chi connectivity index (χ0n) is 27.5. The zero-order valence-corrected chi connectivity index (χ0v) is 28.3. The molecular formula is C33H59NO6S. The van der Waals surface area contributed by atoms with E-state index < -0.39 is 0 Å². The number of rotatable bonds is 22. The first kappa shape index (κ1) is 36.2. The Morgan fingerprint density at radius 3 is 2.20 bits per heavy atom. The van der Waals surface area contributed by atoms with E-state index in [9.17, 15) is 0 Å². The summed E-state index contributed by atoms with van der Waals surface area (Å²) in [5.74, 6) is 4.49. The molecule has 1 aliphatic heterocycles. The molecule has 1 heterocycles. The first-order valence-electron chi connectivity index (χ1n) is 16.0. The summed E-state index contributed by atoms with van der Waals surface area (Å²) in [6, 6.07) is 0. The van der Waals surface area contributed by atoms with E-state index in [1.54, 1.807) is 0 Å². The fraction of sp³-hybridized carbons (Fsp3) is 0.818. The lowest BCUT2D eigenvalue weighted by molar-refractivity contribution is -0.487. The highest BCUT2D eigenvalue weighted by molar-refractivity contribution is 7.89. The first-order valence-corrected chi connectivity index (χ1v) is 16.7. The quantitative estimate of drug-likeness (QED) is 0.0613. The minimum absolute atomic E-state index is 0.104. The number of hydrogen-bond acceptors (Lipinski definition) is 8. The van der Waals surface area contributed by atoms with Crippen molar-refractivity contribution in [1.29, 1.82) is 0 Å². The molecule has 0 aliphatic carbocycles. The highest BCUT2D eigenvalue weighted by Gasteiger charge is 2.34. The van der Waals surface area contributed by atoms with Crippen molar-refractivity contribution in [3.63, 3.8) is 0 Å². The third kappa shape index (κ3) is 13.0. The molecule has 0 unspecified atom stereocenters. The van der Waals surface area contributed by atoms with Crippen LogP contribution in [0, 0.1) is 38.5 Å².